The minimum Gasteiger partial charge on any atom is -0.464 e. The van der Waals surface area contributed by atoms with Gasteiger partial charge >= 0.3 is 5.97 Å². The topological polar surface area (TPSA) is 74.3 Å². The van der Waals surface area contributed by atoms with E-state index in [1.54, 1.807) is 12.1 Å². The van der Waals surface area contributed by atoms with Crippen LogP contribution in [-0.4, -0.2) is 23.3 Å². The van der Waals surface area contributed by atoms with Crippen molar-refractivity contribution in [2.45, 2.75) is 6.54 Å². The van der Waals surface area contributed by atoms with Crippen molar-refractivity contribution in [3.05, 3.63) is 23.5 Å². The number of methoxy groups -OCH3 is 1. The molecule has 0 unspecified atom stereocenters. The Morgan fingerprint density at radius 3 is 3.08 bits per heavy atom. The summed E-state index contributed by atoms with van der Waals surface area (Å²) < 4.78 is 4.47. The first-order valence-electron chi connectivity index (χ1n) is 3.41. The van der Waals surface area contributed by atoms with Crippen molar-refractivity contribution in [1.82, 2.24) is 10.5 Å². The second kappa shape index (κ2) is 3.89. The molecular formula is C7H10N2O3. The molecule has 12 heavy (non-hydrogen) atoms. The molecule has 3 N–H and O–H groups in total. The van der Waals surface area contributed by atoms with E-state index in [4.69, 9.17) is 5.21 Å². The van der Waals surface area contributed by atoms with Crippen LogP contribution in [-0.2, 0) is 11.3 Å². The average Bonchev–Trinajstić information content (AvgIpc) is 2.52. The van der Waals surface area contributed by atoms with Crippen LogP contribution in [0.2, 0.25) is 0 Å². The quantitative estimate of drug-likeness (QED) is 0.450. The molecule has 0 aliphatic rings. The summed E-state index contributed by atoms with van der Waals surface area (Å²) >= 11 is 0. The van der Waals surface area contributed by atoms with Crippen molar-refractivity contribution >= 4 is 5.97 Å². The Bertz CT molecular complexity index is 269. The summed E-state index contributed by atoms with van der Waals surface area (Å²) in [6.07, 6.45) is 0. The molecule has 0 bridgehead atoms. The molecule has 0 aromatic carbocycles. The number of aromatic nitrogens is 1. The highest BCUT2D eigenvalue weighted by Crippen LogP contribution is 2.02. The first-order valence-corrected chi connectivity index (χ1v) is 3.41. The van der Waals surface area contributed by atoms with Gasteiger partial charge in [-0.3, -0.25) is 0 Å². The summed E-state index contributed by atoms with van der Waals surface area (Å²) in [5.74, 6) is -0.417. The first-order chi connectivity index (χ1) is 5.77. The maximum Gasteiger partial charge on any atom is 0.354 e. The highest BCUT2D eigenvalue weighted by molar-refractivity contribution is 5.87. The second-order valence-electron chi connectivity index (χ2n) is 2.22. The van der Waals surface area contributed by atoms with Crippen LogP contribution in [0.15, 0.2) is 12.1 Å². The zero-order chi connectivity index (χ0) is 8.97. The van der Waals surface area contributed by atoms with Gasteiger partial charge in [0.2, 0.25) is 0 Å². The summed E-state index contributed by atoms with van der Waals surface area (Å²) in [7, 11) is 1.31. The molecular weight excluding hydrogens is 160 g/mol. The first kappa shape index (κ1) is 8.76. The lowest BCUT2D eigenvalue weighted by Crippen LogP contribution is -2.07. The zero-order valence-corrected chi connectivity index (χ0v) is 6.63. The molecule has 66 valence electrons. The fourth-order valence-electron chi connectivity index (χ4n) is 0.858. The number of esters is 1. The van der Waals surface area contributed by atoms with E-state index >= 15 is 0 Å². The van der Waals surface area contributed by atoms with Crippen LogP contribution >= 0.6 is 0 Å². The molecule has 0 aliphatic carbocycles. The predicted octanol–water partition coefficient (Wildman–Crippen LogP) is 0.280. The van der Waals surface area contributed by atoms with Crippen LogP contribution in [0.4, 0.5) is 0 Å². The van der Waals surface area contributed by atoms with Gasteiger partial charge in [-0.15, -0.1) is 0 Å². The lowest BCUT2D eigenvalue weighted by atomic mass is 10.4. The van der Waals surface area contributed by atoms with Crippen LogP contribution in [0.1, 0.15) is 16.2 Å². The molecule has 5 heteroatoms. The molecule has 1 rings (SSSR count). The van der Waals surface area contributed by atoms with Gasteiger partial charge < -0.3 is 14.9 Å². The number of nitrogens with one attached hydrogen (secondary N) is 2. The Kier molecular flexibility index (Phi) is 2.84. The third kappa shape index (κ3) is 1.84. The molecule has 1 aromatic heterocycles. The van der Waals surface area contributed by atoms with Gasteiger partial charge in [-0.25, -0.2) is 4.79 Å². The number of ether oxygens (including phenoxy) is 1. The molecule has 0 atom stereocenters. The molecule has 0 aliphatic heterocycles. The van der Waals surface area contributed by atoms with E-state index in [9.17, 15) is 4.79 Å². The highest BCUT2D eigenvalue weighted by atomic mass is 16.5. The van der Waals surface area contributed by atoms with Crippen molar-refractivity contribution in [1.29, 1.82) is 0 Å². The number of rotatable bonds is 3. The van der Waals surface area contributed by atoms with E-state index < -0.39 is 5.97 Å². The van der Waals surface area contributed by atoms with Gasteiger partial charge in [0.1, 0.15) is 5.69 Å². The van der Waals surface area contributed by atoms with Gasteiger partial charge in [-0.2, -0.15) is 5.48 Å². The molecule has 0 saturated heterocycles. The van der Waals surface area contributed by atoms with Crippen LogP contribution in [0.5, 0.6) is 0 Å². The van der Waals surface area contributed by atoms with Gasteiger partial charge in [0.05, 0.1) is 13.7 Å². The normalized spacial score (nSPS) is 9.83. The van der Waals surface area contributed by atoms with E-state index in [-0.39, 0.29) is 6.54 Å². The summed E-state index contributed by atoms with van der Waals surface area (Å²) in [5.41, 5.74) is 3.07. The van der Waals surface area contributed by atoms with Gasteiger partial charge in [0.25, 0.3) is 0 Å². The Labute approximate surface area is 69.3 Å². The number of hydrogen-bond acceptors (Lipinski definition) is 4. The number of H-pyrrole nitrogens is 1. The maximum atomic E-state index is 10.9. The van der Waals surface area contributed by atoms with Crippen molar-refractivity contribution in [2.75, 3.05) is 7.11 Å². The lowest BCUT2D eigenvalue weighted by molar-refractivity contribution is 0.0594. The van der Waals surface area contributed by atoms with Crippen LogP contribution in [0, 0.1) is 0 Å². The fourth-order valence-corrected chi connectivity index (χ4v) is 0.858. The molecule has 1 heterocycles. The molecule has 0 fully saturated rings. The smallest absolute Gasteiger partial charge is 0.354 e. The monoisotopic (exact) mass is 170 g/mol. The zero-order valence-electron chi connectivity index (χ0n) is 6.63. The van der Waals surface area contributed by atoms with Gasteiger partial charge in [-0.1, -0.05) is 0 Å². The maximum absolute atomic E-state index is 10.9. The minimum absolute atomic E-state index is 0.275. The lowest BCUT2D eigenvalue weighted by Gasteiger charge is -1.95. The average molecular weight is 170 g/mol. The summed E-state index contributed by atoms with van der Waals surface area (Å²) in [6, 6.07) is 3.29. The fraction of sp³-hybridized carbons (Fsp3) is 0.286. The van der Waals surface area contributed by atoms with Gasteiger partial charge in [0.15, 0.2) is 0 Å². The third-order valence-corrected chi connectivity index (χ3v) is 1.42. The summed E-state index contributed by atoms with van der Waals surface area (Å²) in [6.45, 7) is 0.275. The standard InChI is InChI=1S/C7H10N2O3/c1-12-7(10)6-3-2-5(9-6)4-8-11/h2-3,8-9,11H,4H2,1H3. The van der Waals surface area contributed by atoms with Crippen molar-refractivity contribution in [3.8, 4) is 0 Å². The summed E-state index contributed by atoms with van der Waals surface area (Å²) in [4.78, 5) is 13.7. The van der Waals surface area contributed by atoms with Crippen molar-refractivity contribution in [2.24, 2.45) is 0 Å². The van der Waals surface area contributed by atoms with E-state index in [1.165, 1.54) is 7.11 Å². The second-order valence-corrected chi connectivity index (χ2v) is 2.22. The Balaban J connectivity index is 2.70. The van der Waals surface area contributed by atoms with Crippen molar-refractivity contribution < 1.29 is 14.7 Å². The van der Waals surface area contributed by atoms with E-state index in [0.29, 0.717) is 5.69 Å². The van der Waals surface area contributed by atoms with Gasteiger partial charge in [-0.05, 0) is 12.1 Å². The predicted molar refractivity (Wildman–Crippen MR) is 40.8 cm³/mol. The number of hydroxylamine groups is 1. The van der Waals surface area contributed by atoms with E-state index in [2.05, 4.69) is 9.72 Å². The Morgan fingerprint density at radius 1 is 1.75 bits per heavy atom. The minimum atomic E-state index is -0.417. The third-order valence-electron chi connectivity index (χ3n) is 1.42. The molecule has 5 nitrogen and oxygen atoms in total. The van der Waals surface area contributed by atoms with E-state index in [1.807, 2.05) is 5.48 Å². The highest BCUT2D eigenvalue weighted by Gasteiger charge is 2.06. The molecule has 0 amide bonds. The number of carbonyl (C=O) groups excluding carboxylic acids is 1. The Morgan fingerprint density at radius 2 is 2.50 bits per heavy atom. The number of carbonyl (C=O) groups is 1. The van der Waals surface area contributed by atoms with Gasteiger partial charge in [0, 0.05) is 5.69 Å². The molecule has 0 radical (unpaired) electrons. The Hall–Kier alpha value is -1.33. The molecule has 0 saturated carbocycles. The largest absolute Gasteiger partial charge is 0.464 e. The molecule has 0 spiro atoms. The van der Waals surface area contributed by atoms with Crippen molar-refractivity contribution in [3.63, 3.8) is 0 Å². The van der Waals surface area contributed by atoms with Crippen LogP contribution in [0.3, 0.4) is 0 Å². The summed E-state index contributed by atoms with van der Waals surface area (Å²) in [5, 5.41) is 8.34. The van der Waals surface area contributed by atoms with Crippen LogP contribution < -0.4 is 5.48 Å². The SMILES string of the molecule is COC(=O)c1ccc(CNO)[nH]1. The number of hydrogen-bond donors (Lipinski definition) is 3. The van der Waals surface area contributed by atoms with E-state index in [0.717, 1.165) is 5.69 Å². The number of aromatic amines is 1. The van der Waals surface area contributed by atoms with Crippen LogP contribution in [0.25, 0.3) is 0 Å². The molecule has 1 aromatic rings.